The summed E-state index contributed by atoms with van der Waals surface area (Å²) in [5.41, 5.74) is 0.0913. The van der Waals surface area contributed by atoms with Crippen molar-refractivity contribution in [2.45, 2.75) is 4.90 Å². The lowest BCUT2D eigenvalue weighted by molar-refractivity contribution is -0.123. The Morgan fingerprint density at radius 1 is 1.06 bits per heavy atom. The summed E-state index contributed by atoms with van der Waals surface area (Å²) in [6.45, 7) is -0.0146. The van der Waals surface area contributed by atoms with Crippen molar-refractivity contribution < 1.29 is 41.7 Å². The van der Waals surface area contributed by atoms with Crippen molar-refractivity contribution >= 4 is 33.6 Å². The molecule has 0 fully saturated rings. The molecule has 1 heterocycles. The van der Waals surface area contributed by atoms with Gasteiger partial charge in [0, 0.05) is 11.8 Å². The Morgan fingerprint density at radius 3 is 2.47 bits per heavy atom. The minimum Gasteiger partial charge on any atom is -0.496 e. The number of esters is 1. The summed E-state index contributed by atoms with van der Waals surface area (Å²) in [6, 6.07) is 7.17. The van der Waals surface area contributed by atoms with E-state index in [1.165, 1.54) is 19.2 Å². The fourth-order valence-electron chi connectivity index (χ4n) is 2.68. The minimum atomic E-state index is -4.08. The van der Waals surface area contributed by atoms with E-state index in [1.54, 1.807) is 12.1 Å². The normalized spacial score (nSPS) is 12.4. The first-order valence-corrected chi connectivity index (χ1v) is 10.6. The third-order valence-corrected chi connectivity index (χ3v) is 5.02. The topological polar surface area (TPSA) is 172 Å². The van der Waals surface area contributed by atoms with Crippen LogP contribution < -0.4 is 30.0 Å². The van der Waals surface area contributed by atoms with Crippen molar-refractivity contribution in [3.05, 3.63) is 42.0 Å². The molecule has 1 aliphatic heterocycles. The van der Waals surface area contributed by atoms with Gasteiger partial charge >= 0.3 is 12.0 Å². The van der Waals surface area contributed by atoms with E-state index in [9.17, 15) is 22.8 Å². The molecule has 1 aliphatic rings. The number of imide groups is 1. The Balaban J connectivity index is 1.56. The molecule has 0 bridgehead atoms. The Hall–Kier alpha value is -3.84. The first kappa shape index (κ1) is 22.8. The number of carbonyl (C=O) groups excluding carboxylic acids is 3. The standard InChI is InChI=1S/C19H19N3O9S/c1-28-14-5-3-12(32(20,26)27)9-13(14)18(24)31-10-17(23)22-19(25)21-11-2-4-15-16(8-11)30-7-6-29-15/h2-5,8-9H,6-7,10H2,1H3,(H2,20,26,27)(H2,21,22,23,25). The molecule has 3 rings (SSSR count). The number of carbonyl (C=O) groups is 3. The molecule has 0 spiro atoms. The molecule has 0 unspecified atom stereocenters. The Kier molecular flexibility index (Phi) is 6.80. The number of methoxy groups -OCH3 is 1. The zero-order chi connectivity index (χ0) is 23.3. The van der Waals surface area contributed by atoms with Crippen molar-refractivity contribution in [2.75, 3.05) is 32.2 Å². The number of benzene rings is 2. The molecule has 2 aromatic rings. The SMILES string of the molecule is COc1ccc(S(N)(=O)=O)cc1C(=O)OCC(=O)NC(=O)Nc1ccc2c(c1)OCCO2. The molecule has 0 aliphatic carbocycles. The first-order valence-electron chi connectivity index (χ1n) is 9.06. The van der Waals surface area contributed by atoms with Crippen molar-refractivity contribution in [3.63, 3.8) is 0 Å². The molecular formula is C19H19N3O9S. The highest BCUT2D eigenvalue weighted by Crippen LogP contribution is 2.32. The number of primary sulfonamides is 1. The van der Waals surface area contributed by atoms with Crippen LogP contribution in [0.25, 0.3) is 0 Å². The van der Waals surface area contributed by atoms with Gasteiger partial charge in [-0.15, -0.1) is 0 Å². The van der Waals surface area contributed by atoms with Crippen molar-refractivity contribution in [1.29, 1.82) is 0 Å². The molecule has 32 heavy (non-hydrogen) atoms. The lowest BCUT2D eigenvalue weighted by atomic mass is 10.2. The lowest BCUT2D eigenvalue weighted by Gasteiger charge is -2.19. The fourth-order valence-corrected chi connectivity index (χ4v) is 3.22. The van der Waals surface area contributed by atoms with Crippen LogP contribution in [-0.2, 0) is 19.6 Å². The van der Waals surface area contributed by atoms with E-state index in [0.29, 0.717) is 30.4 Å². The Morgan fingerprint density at radius 2 is 1.78 bits per heavy atom. The third kappa shape index (κ3) is 5.65. The van der Waals surface area contributed by atoms with E-state index in [4.69, 9.17) is 24.1 Å². The summed E-state index contributed by atoms with van der Waals surface area (Å²) < 4.78 is 43.6. The highest BCUT2D eigenvalue weighted by molar-refractivity contribution is 7.89. The van der Waals surface area contributed by atoms with Crippen LogP contribution in [0.2, 0.25) is 0 Å². The van der Waals surface area contributed by atoms with Gasteiger partial charge in [0.05, 0.1) is 12.0 Å². The van der Waals surface area contributed by atoms with Crippen LogP contribution in [0.5, 0.6) is 17.2 Å². The molecule has 0 radical (unpaired) electrons. The van der Waals surface area contributed by atoms with Crippen LogP contribution in [-0.4, -0.2) is 53.3 Å². The summed E-state index contributed by atoms with van der Waals surface area (Å²) in [7, 11) is -2.82. The molecule has 3 amide bonds. The zero-order valence-electron chi connectivity index (χ0n) is 16.7. The molecule has 170 valence electrons. The third-order valence-electron chi connectivity index (χ3n) is 4.11. The second-order valence-corrected chi connectivity index (χ2v) is 7.91. The van der Waals surface area contributed by atoms with Gasteiger partial charge in [0.25, 0.3) is 5.91 Å². The largest absolute Gasteiger partial charge is 0.496 e. The molecule has 0 saturated carbocycles. The number of ether oxygens (including phenoxy) is 4. The zero-order valence-corrected chi connectivity index (χ0v) is 17.6. The number of urea groups is 1. The number of amides is 3. The monoisotopic (exact) mass is 465 g/mol. The van der Waals surface area contributed by atoms with Gasteiger partial charge in [-0.1, -0.05) is 0 Å². The number of hydrogen-bond donors (Lipinski definition) is 3. The second-order valence-electron chi connectivity index (χ2n) is 6.34. The number of nitrogens with two attached hydrogens (primary N) is 1. The van der Waals surface area contributed by atoms with Gasteiger partial charge in [-0.2, -0.15) is 0 Å². The average molecular weight is 465 g/mol. The van der Waals surface area contributed by atoms with E-state index in [1.807, 2.05) is 5.32 Å². The number of hydrogen-bond acceptors (Lipinski definition) is 9. The number of sulfonamides is 1. The maximum Gasteiger partial charge on any atom is 0.342 e. The van der Waals surface area contributed by atoms with Crippen LogP contribution >= 0.6 is 0 Å². The molecule has 0 saturated heterocycles. The first-order chi connectivity index (χ1) is 15.2. The van der Waals surface area contributed by atoms with Gasteiger partial charge in [0.15, 0.2) is 18.1 Å². The predicted octanol–water partition coefficient (Wildman–Crippen LogP) is 0.619. The number of fused-ring (bicyclic) bond motifs is 1. The van der Waals surface area contributed by atoms with E-state index >= 15 is 0 Å². The maximum atomic E-state index is 12.3. The predicted molar refractivity (Wildman–Crippen MR) is 109 cm³/mol. The van der Waals surface area contributed by atoms with Gasteiger partial charge < -0.3 is 24.3 Å². The molecular weight excluding hydrogens is 446 g/mol. The van der Waals surface area contributed by atoms with E-state index in [2.05, 4.69) is 5.32 Å². The minimum absolute atomic E-state index is 0.0131. The van der Waals surface area contributed by atoms with Gasteiger partial charge in [-0.25, -0.2) is 23.1 Å². The lowest BCUT2D eigenvalue weighted by Crippen LogP contribution is -2.37. The number of rotatable bonds is 6. The summed E-state index contributed by atoms with van der Waals surface area (Å²) in [6.07, 6.45) is 0. The van der Waals surface area contributed by atoms with Crippen molar-refractivity contribution in [1.82, 2.24) is 5.32 Å². The Labute approximate surface area is 182 Å². The van der Waals surface area contributed by atoms with E-state index in [-0.39, 0.29) is 16.2 Å². The molecule has 4 N–H and O–H groups in total. The van der Waals surface area contributed by atoms with Crippen LogP contribution in [0, 0.1) is 0 Å². The molecule has 13 heteroatoms. The second kappa shape index (κ2) is 9.53. The van der Waals surface area contributed by atoms with Gasteiger partial charge in [0.2, 0.25) is 10.0 Å². The van der Waals surface area contributed by atoms with Crippen molar-refractivity contribution in [3.8, 4) is 17.2 Å². The summed E-state index contributed by atoms with van der Waals surface area (Å²) in [5.74, 6) is -0.971. The van der Waals surface area contributed by atoms with Crippen LogP contribution in [0.4, 0.5) is 10.5 Å². The number of nitrogens with one attached hydrogen (secondary N) is 2. The molecule has 0 aromatic heterocycles. The highest BCUT2D eigenvalue weighted by Gasteiger charge is 2.20. The van der Waals surface area contributed by atoms with E-state index < -0.39 is 34.5 Å². The molecule has 12 nitrogen and oxygen atoms in total. The summed E-state index contributed by atoms with van der Waals surface area (Å²) in [5, 5.41) is 9.48. The van der Waals surface area contributed by atoms with Crippen molar-refractivity contribution in [2.24, 2.45) is 5.14 Å². The summed E-state index contributed by atoms with van der Waals surface area (Å²) >= 11 is 0. The molecule has 0 atom stereocenters. The Bertz CT molecular complexity index is 1160. The smallest absolute Gasteiger partial charge is 0.342 e. The van der Waals surface area contributed by atoms with Gasteiger partial charge in [0.1, 0.15) is 24.5 Å². The molecule has 2 aromatic carbocycles. The summed E-state index contributed by atoms with van der Waals surface area (Å²) in [4.78, 5) is 35.9. The van der Waals surface area contributed by atoms with Crippen LogP contribution in [0.15, 0.2) is 41.3 Å². The average Bonchev–Trinajstić information content (AvgIpc) is 2.76. The van der Waals surface area contributed by atoms with Crippen LogP contribution in [0.1, 0.15) is 10.4 Å². The maximum absolute atomic E-state index is 12.3. The number of anilines is 1. The van der Waals surface area contributed by atoms with Gasteiger partial charge in [-0.05, 0) is 30.3 Å². The van der Waals surface area contributed by atoms with E-state index in [0.717, 1.165) is 12.1 Å². The fraction of sp³-hybridized carbons (Fsp3) is 0.211. The van der Waals surface area contributed by atoms with Gasteiger partial charge in [-0.3, -0.25) is 10.1 Å². The van der Waals surface area contributed by atoms with Crippen LogP contribution in [0.3, 0.4) is 0 Å². The quantitative estimate of drug-likeness (QED) is 0.517. The highest BCUT2D eigenvalue weighted by atomic mass is 32.2.